The largest absolute Gasteiger partial charge is 0.476 e. The average molecular weight is 299 g/mol. The van der Waals surface area contributed by atoms with Gasteiger partial charge in [0.25, 0.3) is 0 Å². The zero-order valence-electron chi connectivity index (χ0n) is 10.7. The summed E-state index contributed by atoms with van der Waals surface area (Å²) in [5.74, 6) is -0.994. The molecule has 0 radical (unpaired) electrons. The van der Waals surface area contributed by atoms with Crippen molar-refractivity contribution in [2.75, 3.05) is 0 Å². The fourth-order valence-corrected chi connectivity index (χ4v) is 3.32. The number of hydrogen-bond acceptors (Lipinski definition) is 5. The second kappa shape index (κ2) is 5.10. The van der Waals surface area contributed by atoms with Gasteiger partial charge in [0.15, 0.2) is 5.69 Å². The van der Waals surface area contributed by atoms with Crippen molar-refractivity contribution >= 4 is 16.0 Å². The van der Waals surface area contributed by atoms with Crippen LogP contribution in [0.3, 0.4) is 0 Å². The van der Waals surface area contributed by atoms with Crippen molar-refractivity contribution in [2.45, 2.75) is 24.8 Å². The summed E-state index contributed by atoms with van der Waals surface area (Å²) in [7, 11) is -4.03. The Bertz CT molecular complexity index is 717. The molecule has 0 aliphatic heterocycles. The van der Waals surface area contributed by atoms with Gasteiger partial charge in [0.05, 0.1) is 18.0 Å². The maximum Gasteiger partial charge on any atom is 0.357 e. The number of aryl methyl sites for hydroxylation is 1. The van der Waals surface area contributed by atoms with E-state index >= 15 is 0 Å². The molecule has 8 nitrogen and oxygen atoms in total. The number of nitrogens with zero attached hydrogens (tertiary/aromatic N) is 1. The number of rotatable bonds is 5. The highest BCUT2D eigenvalue weighted by Gasteiger charge is 2.30. The van der Waals surface area contributed by atoms with E-state index in [1.807, 2.05) is 0 Å². The van der Waals surface area contributed by atoms with E-state index in [0.717, 1.165) is 0 Å². The van der Waals surface area contributed by atoms with E-state index in [-0.39, 0.29) is 10.6 Å². The SMILES string of the molecule is Cc1[nH]nc(C(=O)O)c1S(=O)(=O)N[C@@H](C)c1ccco1. The van der Waals surface area contributed by atoms with Gasteiger partial charge in [-0.05, 0) is 26.0 Å². The lowest BCUT2D eigenvalue weighted by Gasteiger charge is -2.12. The maximum atomic E-state index is 12.3. The first kappa shape index (κ1) is 14.3. The summed E-state index contributed by atoms with van der Waals surface area (Å²) >= 11 is 0. The monoisotopic (exact) mass is 299 g/mol. The van der Waals surface area contributed by atoms with Crippen molar-refractivity contribution in [3.8, 4) is 0 Å². The molecule has 9 heteroatoms. The number of aromatic nitrogens is 2. The molecule has 0 aromatic carbocycles. The molecule has 0 aliphatic rings. The number of nitrogens with one attached hydrogen (secondary N) is 2. The van der Waals surface area contributed by atoms with Crippen LogP contribution < -0.4 is 4.72 Å². The molecule has 2 aromatic rings. The summed E-state index contributed by atoms with van der Waals surface area (Å²) in [4.78, 5) is 10.6. The number of carboxylic acids is 1. The van der Waals surface area contributed by atoms with Crippen molar-refractivity contribution in [2.24, 2.45) is 0 Å². The summed E-state index contributed by atoms with van der Waals surface area (Å²) < 4.78 is 32.0. The zero-order chi connectivity index (χ0) is 14.9. The lowest BCUT2D eigenvalue weighted by Crippen LogP contribution is -2.28. The molecule has 0 spiro atoms. The molecule has 0 bridgehead atoms. The van der Waals surface area contributed by atoms with Crippen LogP contribution in [0.25, 0.3) is 0 Å². The van der Waals surface area contributed by atoms with Gasteiger partial charge in [-0.1, -0.05) is 0 Å². The molecular formula is C11H13N3O5S. The number of aromatic amines is 1. The molecule has 0 saturated heterocycles. The van der Waals surface area contributed by atoms with Gasteiger partial charge in [0.1, 0.15) is 10.7 Å². The molecule has 108 valence electrons. The Morgan fingerprint density at radius 1 is 1.55 bits per heavy atom. The van der Waals surface area contributed by atoms with Crippen LogP contribution >= 0.6 is 0 Å². The Kier molecular flexibility index (Phi) is 3.64. The second-order valence-corrected chi connectivity index (χ2v) is 5.84. The Morgan fingerprint density at radius 3 is 2.80 bits per heavy atom. The highest BCUT2D eigenvalue weighted by Crippen LogP contribution is 2.21. The summed E-state index contributed by atoms with van der Waals surface area (Å²) in [6.07, 6.45) is 1.42. The number of carboxylic acid groups (broad SMARTS) is 1. The number of H-pyrrole nitrogens is 1. The van der Waals surface area contributed by atoms with Crippen LogP contribution in [0.2, 0.25) is 0 Å². The molecule has 3 N–H and O–H groups in total. The van der Waals surface area contributed by atoms with Crippen LogP contribution in [0.15, 0.2) is 27.7 Å². The van der Waals surface area contributed by atoms with Crippen LogP contribution in [0.1, 0.15) is 34.9 Å². The molecule has 20 heavy (non-hydrogen) atoms. The highest BCUT2D eigenvalue weighted by molar-refractivity contribution is 7.89. The first-order valence-electron chi connectivity index (χ1n) is 5.67. The summed E-state index contributed by atoms with van der Waals surface area (Å²) in [6, 6.07) is 2.62. The van der Waals surface area contributed by atoms with Crippen LogP contribution in [0.4, 0.5) is 0 Å². The van der Waals surface area contributed by atoms with Crippen LogP contribution in [0.5, 0.6) is 0 Å². The first-order valence-corrected chi connectivity index (χ1v) is 7.15. The van der Waals surface area contributed by atoms with E-state index in [1.54, 1.807) is 19.1 Å². The summed E-state index contributed by atoms with van der Waals surface area (Å²) in [6.45, 7) is 3.03. The smallest absolute Gasteiger partial charge is 0.357 e. The number of aromatic carboxylic acids is 1. The Morgan fingerprint density at radius 2 is 2.25 bits per heavy atom. The van der Waals surface area contributed by atoms with Crippen molar-refractivity contribution in [1.82, 2.24) is 14.9 Å². The minimum atomic E-state index is -4.03. The fraction of sp³-hybridized carbons (Fsp3) is 0.273. The van der Waals surface area contributed by atoms with Gasteiger partial charge in [-0.2, -0.15) is 5.10 Å². The molecule has 0 aliphatic carbocycles. The molecule has 0 unspecified atom stereocenters. The molecule has 0 saturated carbocycles. The third kappa shape index (κ3) is 2.58. The van der Waals surface area contributed by atoms with Crippen LogP contribution in [-0.2, 0) is 10.0 Å². The van der Waals surface area contributed by atoms with E-state index < -0.39 is 27.7 Å². The molecule has 1 atom stereocenters. The topological polar surface area (TPSA) is 125 Å². The Balaban J connectivity index is 2.36. The number of sulfonamides is 1. The van der Waals surface area contributed by atoms with E-state index in [1.165, 1.54) is 13.2 Å². The first-order chi connectivity index (χ1) is 9.33. The minimum Gasteiger partial charge on any atom is -0.476 e. The van der Waals surface area contributed by atoms with Crippen molar-refractivity contribution < 1.29 is 22.7 Å². The molecule has 0 fully saturated rings. The quantitative estimate of drug-likeness (QED) is 0.757. The lowest BCUT2D eigenvalue weighted by atomic mass is 10.3. The highest BCUT2D eigenvalue weighted by atomic mass is 32.2. The van der Waals surface area contributed by atoms with Crippen LogP contribution in [-0.4, -0.2) is 29.7 Å². The van der Waals surface area contributed by atoms with E-state index in [4.69, 9.17) is 9.52 Å². The van der Waals surface area contributed by atoms with Gasteiger partial charge in [-0.3, -0.25) is 5.10 Å². The maximum absolute atomic E-state index is 12.3. The Hall–Kier alpha value is -2.13. The summed E-state index contributed by atoms with van der Waals surface area (Å²) in [5.41, 5.74) is -0.386. The molecule has 2 aromatic heterocycles. The zero-order valence-corrected chi connectivity index (χ0v) is 11.6. The predicted octanol–water partition coefficient (Wildman–Crippen LogP) is 1.05. The van der Waals surface area contributed by atoms with Gasteiger partial charge in [0, 0.05) is 0 Å². The van der Waals surface area contributed by atoms with Gasteiger partial charge in [-0.15, -0.1) is 0 Å². The van der Waals surface area contributed by atoms with Gasteiger partial charge in [0.2, 0.25) is 10.0 Å². The number of hydrogen-bond donors (Lipinski definition) is 3. The van der Waals surface area contributed by atoms with Gasteiger partial charge >= 0.3 is 5.97 Å². The Labute approximate surface area is 114 Å². The van der Waals surface area contributed by atoms with Crippen molar-refractivity contribution in [3.05, 3.63) is 35.5 Å². The molecular weight excluding hydrogens is 286 g/mol. The third-order valence-corrected chi connectivity index (χ3v) is 4.37. The third-order valence-electron chi connectivity index (χ3n) is 2.66. The average Bonchev–Trinajstić information content (AvgIpc) is 2.96. The van der Waals surface area contributed by atoms with Crippen molar-refractivity contribution in [1.29, 1.82) is 0 Å². The molecule has 2 rings (SSSR count). The predicted molar refractivity (Wildman–Crippen MR) is 67.7 cm³/mol. The van der Waals surface area contributed by atoms with Crippen LogP contribution in [0, 0.1) is 6.92 Å². The molecule has 2 heterocycles. The fourth-order valence-electron chi connectivity index (χ4n) is 1.78. The van der Waals surface area contributed by atoms with E-state index in [0.29, 0.717) is 5.76 Å². The standard InChI is InChI=1S/C11H13N3O5S/c1-6(8-4-3-5-19-8)14-20(17,18)10-7(2)12-13-9(10)11(15)16/h3-6,14H,1-2H3,(H,12,13)(H,15,16)/t6-/m0/s1. The summed E-state index contributed by atoms with van der Waals surface area (Å²) in [5, 5.41) is 14.8. The van der Waals surface area contributed by atoms with E-state index in [9.17, 15) is 13.2 Å². The van der Waals surface area contributed by atoms with E-state index in [2.05, 4.69) is 14.9 Å². The van der Waals surface area contributed by atoms with Gasteiger partial charge in [-0.25, -0.2) is 17.9 Å². The van der Waals surface area contributed by atoms with Crippen molar-refractivity contribution in [3.63, 3.8) is 0 Å². The normalized spacial score (nSPS) is 13.3. The second-order valence-electron chi connectivity index (χ2n) is 4.19. The minimum absolute atomic E-state index is 0.154. The number of carbonyl (C=O) groups is 1. The molecule has 0 amide bonds. The van der Waals surface area contributed by atoms with Gasteiger partial charge < -0.3 is 9.52 Å². The lowest BCUT2D eigenvalue weighted by molar-refractivity contribution is 0.0686. The number of furan rings is 1.